The van der Waals surface area contributed by atoms with E-state index < -0.39 is 5.91 Å². The van der Waals surface area contributed by atoms with E-state index in [1.165, 1.54) is 38.8 Å². The first kappa shape index (κ1) is 14.2. The number of amides is 1. The molecular formula is C16H24N4O. The Morgan fingerprint density at radius 2 is 1.90 bits per heavy atom. The number of rotatable bonds is 3. The zero-order valence-corrected chi connectivity index (χ0v) is 12.4. The van der Waals surface area contributed by atoms with Crippen molar-refractivity contribution in [2.75, 3.05) is 36.8 Å². The van der Waals surface area contributed by atoms with Crippen LogP contribution in [0.25, 0.3) is 0 Å². The van der Waals surface area contributed by atoms with Crippen molar-refractivity contribution in [2.45, 2.75) is 31.7 Å². The lowest BCUT2D eigenvalue weighted by Gasteiger charge is -2.32. The Labute approximate surface area is 125 Å². The highest BCUT2D eigenvalue weighted by Gasteiger charge is 2.29. The molecule has 0 aliphatic carbocycles. The predicted molar refractivity (Wildman–Crippen MR) is 85.4 cm³/mol. The molecule has 114 valence electrons. The minimum Gasteiger partial charge on any atom is -0.396 e. The Bertz CT molecular complexity index is 525. The monoisotopic (exact) mass is 288 g/mol. The summed E-state index contributed by atoms with van der Waals surface area (Å²) in [6.45, 7) is 4.42. The Morgan fingerprint density at radius 1 is 1.14 bits per heavy atom. The van der Waals surface area contributed by atoms with Crippen molar-refractivity contribution >= 4 is 17.3 Å². The SMILES string of the molecule is NC(=O)c1cccc(N2CCC(N3CCCCC3)C2)c1N. The molecule has 2 aliphatic heterocycles. The zero-order valence-electron chi connectivity index (χ0n) is 12.4. The normalized spacial score (nSPS) is 23.4. The van der Waals surface area contributed by atoms with Crippen LogP contribution in [-0.2, 0) is 0 Å². The number of para-hydroxylation sites is 1. The van der Waals surface area contributed by atoms with Gasteiger partial charge in [0.2, 0.25) is 0 Å². The van der Waals surface area contributed by atoms with Crippen molar-refractivity contribution in [3.63, 3.8) is 0 Å². The highest BCUT2D eigenvalue weighted by Crippen LogP contribution is 2.31. The number of nitrogens with two attached hydrogens (primary N) is 2. The molecule has 1 amide bonds. The third kappa shape index (κ3) is 2.83. The number of likely N-dealkylation sites (tertiary alicyclic amines) is 1. The van der Waals surface area contributed by atoms with E-state index >= 15 is 0 Å². The smallest absolute Gasteiger partial charge is 0.250 e. The molecule has 21 heavy (non-hydrogen) atoms. The van der Waals surface area contributed by atoms with Crippen LogP contribution in [0.15, 0.2) is 18.2 Å². The van der Waals surface area contributed by atoms with Crippen molar-refractivity contribution < 1.29 is 4.79 Å². The average Bonchev–Trinajstić information content (AvgIpc) is 2.98. The second kappa shape index (κ2) is 5.93. The number of primary amides is 1. The number of hydrogen-bond donors (Lipinski definition) is 2. The fourth-order valence-corrected chi connectivity index (χ4v) is 3.59. The van der Waals surface area contributed by atoms with Gasteiger partial charge in [-0.25, -0.2) is 0 Å². The molecule has 0 spiro atoms. The summed E-state index contributed by atoms with van der Waals surface area (Å²) in [7, 11) is 0. The summed E-state index contributed by atoms with van der Waals surface area (Å²) in [4.78, 5) is 16.3. The van der Waals surface area contributed by atoms with E-state index in [2.05, 4.69) is 9.80 Å². The van der Waals surface area contributed by atoms with Crippen LogP contribution < -0.4 is 16.4 Å². The molecule has 1 aromatic rings. The average molecular weight is 288 g/mol. The summed E-state index contributed by atoms with van der Waals surface area (Å²) >= 11 is 0. The lowest BCUT2D eigenvalue weighted by Crippen LogP contribution is -2.41. The summed E-state index contributed by atoms with van der Waals surface area (Å²) in [6.07, 6.45) is 5.16. The van der Waals surface area contributed by atoms with Crippen LogP contribution in [0.5, 0.6) is 0 Å². The molecule has 0 aromatic heterocycles. The molecule has 2 fully saturated rings. The molecule has 1 atom stereocenters. The maximum absolute atomic E-state index is 11.4. The molecule has 5 nitrogen and oxygen atoms in total. The molecule has 2 aliphatic rings. The Hall–Kier alpha value is -1.75. The van der Waals surface area contributed by atoms with Gasteiger partial charge in [0.05, 0.1) is 16.9 Å². The number of hydrogen-bond acceptors (Lipinski definition) is 4. The van der Waals surface area contributed by atoms with E-state index in [0.29, 0.717) is 17.3 Å². The first-order chi connectivity index (χ1) is 10.2. The van der Waals surface area contributed by atoms with Gasteiger partial charge in [0, 0.05) is 19.1 Å². The fourth-order valence-electron chi connectivity index (χ4n) is 3.59. The highest BCUT2D eigenvalue weighted by atomic mass is 16.1. The molecule has 2 heterocycles. The Kier molecular flexibility index (Phi) is 4.01. The number of anilines is 2. The number of carbonyl (C=O) groups is 1. The number of carbonyl (C=O) groups excluding carboxylic acids is 1. The van der Waals surface area contributed by atoms with E-state index in [1.807, 2.05) is 12.1 Å². The fraction of sp³-hybridized carbons (Fsp3) is 0.562. The summed E-state index contributed by atoms with van der Waals surface area (Å²) < 4.78 is 0. The minimum atomic E-state index is -0.457. The van der Waals surface area contributed by atoms with Crippen molar-refractivity contribution in [3.05, 3.63) is 23.8 Å². The second-order valence-electron chi connectivity index (χ2n) is 6.09. The lowest BCUT2D eigenvalue weighted by molar-refractivity contribution is 0.100. The molecule has 1 aromatic carbocycles. The van der Waals surface area contributed by atoms with Crippen LogP contribution >= 0.6 is 0 Å². The van der Waals surface area contributed by atoms with Crippen LogP contribution in [0, 0.1) is 0 Å². The first-order valence-corrected chi connectivity index (χ1v) is 7.84. The molecule has 5 heteroatoms. The predicted octanol–water partition coefficient (Wildman–Crippen LogP) is 1.43. The van der Waals surface area contributed by atoms with E-state index in [0.717, 1.165) is 18.8 Å². The van der Waals surface area contributed by atoms with Crippen LogP contribution in [0.2, 0.25) is 0 Å². The van der Waals surface area contributed by atoms with E-state index in [9.17, 15) is 4.79 Å². The summed E-state index contributed by atoms with van der Waals surface area (Å²) in [6, 6.07) is 6.15. The van der Waals surface area contributed by atoms with Crippen molar-refractivity contribution in [1.29, 1.82) is 0 Å². The minimum absolute atomic E-state index is 0.425. The summed E-state index contributed by atoms with van der Waals surface area (Å²) in [5, 5.41) is 0. The lowest BCUT2D eigenvalue weighted by atomic mass is 10.1. The van der Waals surface area contributed by atoms with Gasteiger partial charge in [-0.2, -0.15) is 0 Å². The third-order valence-electron chi connectivity index (χ3n) is 4.76. The zero-order chi connectivity index (χ0) is 14.8. The van der Waals surface area contributed by atoms with Crippen molar-refractivity contribution in [1.82, 2.24) is 4.90 Å². The van der Waals surface area contributed by atoms with E-state index in [4.69, 9.17) is 11.5 Å². The Balaban J connectivity index is 1.74. The first-order valence-electron chi connectivity index (χ1n) is 7.84. The van der Waals surface area contributed by atoms with Gasteiger partial charge < -0.3 is 16.4 Å². The standard InChI is InChI=1S/C16H24N4O/c17-15-13(16(18)21)5-4-6-14(15)20-10-7-12(11-20)19-8-2-1-3-9-19/h4-6,12H,1-3,7-11,17H2,(H2,18,21). The number of benzene rings is 1. The maximum Gasteiger partial charge on any atom is 0.250 e. The molecule has 1 unspecified atom stereocenters. The van der Waals surface area contributed by atoms with Crippen LogP contribution in [0.4, 0.5) is 11.4 Å². The number of nitrogens with zero attached hydrogens (tertiary/aromatic N) is 2. The van der Waals surface area contributed by atoms with Gasteiger partial charge in [-0.3, -0.25) is 9.69 Å². The van der Waals surface area contributed by atoms with Crippen LogP contribution in [-0.4, -0.2) is 43.0 Å². The van der Waals surface area contributed by atoms with Gasteiger partial charge in [-0.1, -0.05) is 12.5 Å². The van der Waals surface area contributed by atoms with Gasteiger partial charge in [-0.05, 0) is 44.5 Å². The third-order valence-corrected chi connectivity index (χ3v) is 4.76. The van der Waals surface area contributed by atoms with Gasteiger partial charge in [0.1, 0.15) is 0 Å². The summed E-state index contributed by atoms with van der Waals surface area (Å²) in [5.41, 5.74) is 13.4. The molecular weight excluding hydrogens is 264 g/mol. The molecule has 2 saturated heterocycles. The quantitative estimate of drug-likeness (QED) is 0.825. The number of piperidine rings is 1. The van der Waals surface area contributed by atoms with Gasteiger partial charge >= 0.3 is 0 Å². The highest BCUT2D eigenvalue weighted by molar-refractivity contribution is 6.00. The van der Waals surface area contributed by atoms with Gasteiger partial charge in [0.25, 0.3) is 5.91 Å². The second-order valence-corrected chi connectivity index (χ2v) is 6.09. The van der Waals surface area contributed by atoms with Crippen molar-refractivity contribution in [2.24, 2.45) is 5.73 Å². The molecule has 0 saturated carbocycles. The van der Waals surface area contributed by atoms with Gasteiger partial charge in [-0.15, -0.1) is 0 Å². The largest absolute Gasteiger partial charge is 0.396 e. The van der Waals surface area contributed by atoms with E-state index in [1.54, 1.807) is 6.07 Å². The number of nitrogen functional groups attached to an aromatic ring is 1. The van der Waals surface area contributed by atoms with Crippen molar-refractivity contribution in [3.8, 4) is 0 Å². The Morgan fingerprint density at radius 3 is 2.62 bits per heavy atom. The molecule has 4 N–H and O–H groups in total. The molecule has 0 radical (unpaired) electrons. The molecule has 3 rings (SSSR count). The van der Waals surface area contributed by atoms with Crippen LogP contribution in [0.1, 0.15) is 36.0 Å². The van der Waals surface area contributed by atoms with Gasteiger partial charge in [0.15, 0.2) is 0 Å². The topological polar surface area (TPSA) is 75.6 Å². The maximum atomic E-state index is 11.4. The molecule has 0 bridgehead atoms. The summed E-state index contributed by atoms with van der Waals surface area (Å²) in [5.74, 6) is -0.457. The van der Waals surface area contributed by atoms with Crippen LogP contribution in [0.3, 0.4) is 0 Å². The van der Waals surface area contributed by atoms with E-state index in [-0.39, 0.29) is 0 Å².